The van der Waals surface area contributed by atoms with Gasteiger partial charge in [-0.3, -0.25) is 14.5 Å². The standard InChI is InChI=1S/C25H36N4O4S/c1-6-7-23(30)27-19-8-9-20-21(12-19)33-16-18(3)29(15-24-26-10-11-34-24)13-17(2)22(32-5)14-28(4)25(20)31/h8-12,17-18,22H,6-7,13-16H2,1-5H3,(H,27,30)/t17-,18-,22+/m1/s1. The van der Waals surface area contributed by atoms with Crippen LogP contribution < -0.4 is 10.1 Å². The molecule has 2 amide bonds. The molecule has 3 atom stereocenters. The number of fused-ring (bicyclic) bond motifs is 1. The summed E-state index contributed by atoms with van der Waals surface area (Å²) in [5, 5.41) is 5.93. The third-order valence-corrected chi connectivity index (χ3v) is 6.92. The fraction of sp³-hybridized carbons (Fsp3) is 0.560. The summed E-state index contributed by atoms with van der Waals surface area (Å²) in [4.78, 5) is 33.9. The number of ether oxygens (including phenoxy) is 2. The molecule has 0 bridgehead atoms. The lowest BCUT2D eigenvalue weighted by Gasteiger charge is -2.35. The van der Waals surface area contributed by atoms with E-state index in [2.05, 4.69) is 29.0 Å². The number of carbonyl (C=O) groups excluding carboxylic acids is 2. The number of hydrogen-bond donors (Lipinski definition) is 1. The van der Waals surface area contributed by atoms with Crippen molar-refractivity contribution in [1.29, 1.82) is 0 Å². The van der Waals surface area contributed by atoms with Gasteiger partial charge in [0.15, 0.2) is 0 Å². The Kier molecular flexibility index (Phi) is 9.44. The molecule has 0 aliphatic carbocycles. The highest BCUT2D eigenvalue weighted by molar-refractivity contribution is 7.09. The Morgan fingerprint density at radius 2 is 2.12 bits per heavy atom. The summed E-state index contributed by atoms with van der Waals surface area (Å²) in [7, 11) is 3.48. The van der Waals surface area contributed by atoms with Gasteiger partial charge in [-0.2, -0.15) is 0 Å². The van der Waals surface area contributed by atoms with Gasteiger partial charge in [0, 0.05) is 63.0 Å². The average molecular weight is 489 g/mol. The van der Waals surface area contributed by atoms with Crippen molar-refractivity contribution in [2.75, 3.05) is 39.2 Å². The zero-order valence-corrected chi connectivity index (χ0v) is 21.6. The van der Waals surface area contributed by atoms with Crippen LogP contribution in [0.15, 0.2) is 29.8 Å². The lowest BCUT2D eigenvalue weighted by molar-refractivity contribution is -0.116. The minimum absolute atomic E-state index is 0.0565. The van der Waals surface area contributed by atoms with E-state index in [1.807, 2.05) is 18.5 Å². The molecule has 1 aromatic carbocycles. The summed E-state index contributed by atoms with van der Waals surface area (Å²) in [6.07, 6.45) is 2.92. The molecule has 1 aliphatic heterocycles. The molecule has 0 spiro atoms. The monoisotopic (exact) mass is 488 g/mol. The zero-order valence-electron chi connectivity index (χ0n) is 20.7. The number of amides is 2. The summed E-state index contributed by atoms with van der Waals surface area (Å²) < 4.78 is 12.0. The quantitative estimate of drug-likeness (QED) is 0.664. The maximum atomic E-state index is 13.3. The van der Waals surface area contributed by atoms with Gasteiger partial charge >= 0.3 is 0 Å². The van der Waals surface area contributed by atoms with Crippen LogP contribution in [-0.2, 0) is 16.1 Å². The first-order valence-electron chi connectivity index (χ1n) is 11.8. The van der Waals surface area contributed by atoms with Gasteiger partial charge in [0.25, 0.3) is 5.91 Å². The van der Waals surface area contributed by atoms with E-state index in [4.69, 9.17) is 9.47 Å². The van der Waals surface area contributed by atoms with Crippen molar-refractivity contribution in [2.45, 2.75) is 52.3 Å². The normalized spacial score (nSPS) is 22.3. The molecule has 1 aromatic heterocycles. The molecule has 0 saturated heterocycles. The lowest BCUT2D eigenvalue weighted by atomic mass is 10.0. The minimum atomic E-state index is -0.136. The number of methoxy groups -OCH3 is 1. The van der Waals surface area contributed by atoms with E-state index < -0.39 is 0 Å². The molecule has 34 heavy (non-hydrogen) atoms. The number of nitrogens with one attached hydrogen (secondary N) is 1. The smallest absolute Gasteiger partial charge is 0.257 e. The van der Waals surface area contributed by atoms with Crippen LogP contribution in [0.3, 0.4) is 0 Å². The van der Waals surface area contributed by atoms with E-state index >= 15 is 0 Å². The van der Waals surface area contributed by atoms with E-state index in [0.717, 1.165) is 24.5 Å². The number of benzene rings is 1. The molecule has 0 fully saturated rings. The van der Waals surface area contributed by atoms with E-state index in [1.165, 1.54) is 0 Å². The first-order valence-corrected chi connectivity index (χ1v) is 12.7. The van der Waals surface area contributed by atoms with E-state index in [-0.39, 0.29) is 29.9 Å². The van der Waals surface area contributed by atoms with Crippen molar-refractivity contribution in [2.24, 2.45) is 5.92 Å². The summed E-state index contributed by atoms with van der Waals surface area (Å²) >= 11 is 1.64. The molecule has 0 saturated carbocycles. The Bertz CT molecular complexity index is 952. The Morgan fingerprint density at radius 3 is 2.79 bits per heavy atom. The molecule has 186 valence electrons. The third-order valence-electron chi connectivity index (χ3n) is 6.16. The highest BCUT2D eigenvalue weighted by Crippen LogP contribution is 2.27. The Labute approximate surface area is 206 Å². The van der Waals surface area contributed by atoms with E-state index in [9.17, 15) is 9.59 Å². The number of hydrogen-bond acceptors (Lipinski definition) is 7. The van der Waals surface area contributed by atoms with E-state index in [0.29, 0.717) is 36.6 Å². The number of likely N-dealkylation sites (N-methyl/N-ethyl adjacent to an activating group) is 1. The summed E-state index contributed by atoms with van der Waals surface area (Å²) in [6, 6.07) is 5.30. The van der Waals surface area contributed by atoms with Gasteiger partial charge in [-0.05, 0) is 31.4 Å². The fourth-order valence-corrected chi connectivity index (χ4v) is 4.74. The Morgan fingerprint density at radius 1 is 1.32 bits per heavy atom. The topological polar surface area (TPSA) is 84.0 Å². The number of carbonyl (C=O) groups is 2. The maximum Gasteiger partial charge on any atom is 0.257 e. The molecular weight excluding hydrogens is 452 g/mol. The maximum absolute atomic E-state index is 13.3. The van der Waals surface area contributed by atoms with Crippen molar-refractivity contribution >= 4 is 28.8 Å². The van der Waals surface area contributed by atoms with Gasteiger partial charge in [0.2, 0.25) is 5.91 Å². The van der Waals surface area contributed by atoms with Crippen molar-refractivity contribution in [3.8, 4) is 5.75 Å². The van der Waals surface area contributed by atoms with Crippen LogP contribution in [0.4, 0.5) is 5.69 Å². The number of anilines is 1. The number of thiazole rings is 1. The van der Waals surface area contributed by atoms with Crippen molar-refractivity contribution in [1.82, 2.24) is 14.8 Å². The SMILES string of the molecule is CCCC(=O)Nc1ccc2c(c1)OC[C@@H](C)N(Cc1nccs1)C[C@@H](C)[C@@H](OC)CN(C)C2=O. The molecule has 8 nitrogen and oxygen atoms in total. The third kappa shape index (κ3) is 6.77. The second-order valence-corrected chi connectivity index (χ2v) is 9.94. The highest BCUT2D eigenvalue weighted by Gasteiger charge is 2.28. The Hall–Kier alpha value is -2.49. The molecule has 1 aliphatic rings. The summed E-state index contributed by atoms with van der Waals surface area (Å²) in [5.74, 6) is 0.468. The van der Waals surface area contributed by atoms with Gasteiger partial charge in [0.1, 0.15) is 17.4 Å². The van der Waals surface area contributed by atoms with Gasteiger partial charge in [-0.15, -0.1) is 11.3 Å². The largest absolute Gasteiger partial charge is 0.491 e. The zero-order chi connectivity index (χ0) is 24.7. The van der Waals surface area contributed by atoms with Gasteiger partial charge in [-0.1, -0.05) is 13.8 Å². The number of rotatable bonds is 6. The molecule has 9 heteroatoms. The van der Waals surface area contributed by atoms with Crippen LogP contribution >= 0.6 is 11.3 Å². The van der Waals surface area contributed by atoms with Crippen molar-refractivity contribution in [3.63, 3.8) is 0 Å². The van der Waals surface area contributed by atoms with Crippen LogP contribution in [0, 0.1) is 5.92 Å². The van der Waals surface area contributed by atoms with Crippen LogP contribution in [0.1, 0.15) is 49.0 Å². The molecular formula is C25H36N4O4S. The van der Waals surface area contributed by atoms with Gasteiger partial charge in [0.05, 0.1) is 18.2 Å². The predicted octanol–water partition coefficient (Wildman–Crippen LogP) is 3.89. The molecule has 1 N–H and O–H groups in total. The lowest BCUT2D eigenvalue weighted by Crippen LogP contribution is -2.46. The van der Waals surface area contributed by atoms with Gasteiger partial charge in [-0.25, -0.2) is 4.98 Å². The van der Waals surface area contributed by atoms with Crippen molar-refractivity contribution < 1.29 is 19.1 Å². The van der Waals surface area contributed by atoms with Crippen LogP contribution in [0.25, 0.3) is 0 Å². The molecule has 2 heterocycles. The van der Waals surface area contributed by atoms with Crippen LogP contribution in [-0.4, -0.2) is 72.6 Å². The minimum Gasteiger partial charge on any atom is -0.491 e. The number of aromatic nitrogens is 1. The highest BCUT2D eigenvalue weighted by atomic mass is 32.1. The summed E-state index contributed by atoms with van der Waals surface area (Å²) in [5.41, 5.74) is 1.09. The molecule has 2 aromatic rings. The van der Waals surface area contributed by atoms with Crippen LogP contribution in [0.5, 0.6) is 5.75 Å². The Balaban J connectivity index is 1.92. The predicted molar refractivity (Wildman–Crippen MR) is 134 cm³/mol. The average Bonchev–Trinajstić information content (AvgIpc) is 3.32. The molecule has 0 unspecified atom stereocenters. The van der Waals surface area contributed by atoms with E-state index in [1.54, 1.807) is 48.6 Å². The first-order chi connectivity index (χ1) is 16.3. The molecule has 0 radical (unpaired) electrons. The first kappa shape index (κ1) is 26.1. The molecule has 3 rings (SSSR count). The second-order valence-electron chi connectivity index (χ2n) is 8.96. The second kappa shape index (κ2) is 12.3. The summed E-state index contributed by atoms with van der Waals surface area (Å²) in [6.45, 7) is 8.59. The fourth-order valence-electron chi connectivity index (χ4n) is 4.10. The number of nitrogens with zero attached hydrogens (tertiary/aromatic N) is 3. The van der Waals surface area contributed by atoms with Crippen LogP contribution in [0.2, 0.25) is 0 Å². The van der Waals surface area contributed by atoms with Crippen molar-refractivity contribution in [3.05, 3.63) is 40.3 Å². The van der Waals surface area contributed by atoms with Gasteiger partial charge < -0.3 is 19.7 Å².